The van der Waals surface area contributed by atoms with Crippen molar-refractivity contribution < 1.29 is 4.79 Å². The number of amides is 1. The first-order valence-electron chi connectivity index (χ1n) is 7.59. The second-order valence-electron chi connectivity index (χ2n) is 5.71. The normalized spacial score (nSPS) is 18.3. The number of likely N-dealkylation sites (tertiary alicyclic amines) is 1. The molecule has 0 aliphatic carbocycles. The van der Waals surface area contributed by atoms with E-state index in [1.165, 1.54) is 25.7 Å². The van der Waals surface area contributed by atoms with Crippen LogP contribution in [-0.2, 0) is 4.79 Å². The Balaban J connectivity index is 1.82. The van der Waals surface area contributed by atoms with Crippen LogP contribution in [0.5, 0.6) is 0 Å². The van der Waals surface area contributed by atoms with Gasteiger partial charge in [0.2, 0.25) is 5.91 Å². The number of hydrogen-bond donors (Lipinski definition) is 1. The Kier molecular flexibility index (Phi) is 5.53. The molecule has 1 aromatic rings. The summed E-state index contributed by atoms with van der Waals surface area (Å²) in [5, 5.41) is 3.06. The molecule has 0 bridgehead atoms. The topological polar surface area (TPSA) is 45.2 Å². The minimum Gasteiger partial charge on any atom is -0.348 e. The molecule has 0 aromatic carbocycles. The number of carbonyl (C=O) groups is 1. The monoisotopic (exact) mass is 275 g/mol. The van der Waals surface area contributed by atoms with E-state index in [1.54, 1.807) is 0 Å². The quantitative estimate of drug-likeness (QED) is 0.918. The summed E-state index contributed by atoms with van der Waals surface area (Å²) >= 11 is 0. The van der Waals surface area contributed by atoms with Gasteiger partial charge < -0.3 is 5.32 Å². The molecule has 1 aliphatic heterocycles. The maximum absolute atomic E-state index is 12.1. The van der Waals surface area contributed by atoms with Crippen molar-refractivity contribution in [3.8, 4) is 0 Å². The van der Waals surface area contributed by atoms with Crippen molar-refractivity contribution in [2.45, 2.75) is 45.6 Å². The van der Waals surface area contributed by atoms with Crippen LogP contribution in [0.1, 0.15) is 49.9 Å². The first kappa shape index (κ1) is 15.0. The van der Waals surface area contributed by atoms with Crippen LogP contribution >= 0.6 is 0 Å². The highest BCUT2D eigenvalue weighted by Gasteiger charge is 2.15. The smallest absolute Gasteiger partial charge is 0.234 e. The summed E-state index contributed by atoms with van der Waals surface area (Å²) in [6, 6.07) is 4.02. The fourth-order valence-corrected chi connectivity index (χ4v) is 2.60. The van der Waals surface area contributed by atoms with Gasteiger partial charge in [-0.05, 0) is 51.4 Å². The minimum atomic E-state index is 0.0163. The molecule has 1 saturated heterocycles. The van der Waals surface area contributed by atoms with E-state index in [2.05, 4.69) is 15.2 Å². The maximum atomic E-state index is 12.1. The number of aryl methyl sites for hydroxylation is 1. The number of carbonyl (C=O) groups excluding carboxylic acids is 1. The SMILES string of the molecule is Cc1ccc([C@@H](C)NC(=O)CN2CCCCCC2)cn1. The second kappa shape index (κ2) is 7.39. The standard InChI is InChI=1S/C16H25N3O/c1-13-7-8-15(11-17-13)14(2)18-16(20)12-19-9-5-3-4-6-10-19/h7-8,11,14H,3-6,9-10,12H2,1-2H3,(H,18,20)/t14-/m1/s1. The molecule has 2 heterocycles. The van der Waals surface area contributed by atoms with Crippen LogP contribution in [0.25, 0.3) is 0 Å². The lowest BCUT2D eigenvalue weighted by Crippen LogP contribution is -2.38. The molecule has 0 unspecified atom stereocenters. The van der Waals surface area contributed by atoms with Crippen LogP contribution in [0, 0.1) is 6.92 Å². The van der Waals surface area contributed by atoms with E-state index in [9.17, 15) is 4.79 Å². The lowest BCUT2D eigenvalue weighted by molar-refractivity contribution is -0.122. The molecule has 1 amide bonds. The summed E-state index contributed by atoms with van der Waals surface area (Å²) in [5.41, 5.74) is 2.05. The molecule has 0 spiro atoms. The fourth-order valence-electron chi connectivity index (χ4n) is 2.60. The van der Waals surface area contributed by atoms with Gasteiger partial charge in [-0.15, -0.1) is 0 Å². The zero-order valence-corrected chi connectivity index (χ0v) is 12.6. The Morgan fingerprint density at radius 3 is 2.60 bits per heavy atom. The van der Waals surface area contributed by atoms with Gasteiger partial charge in [-0.1, -0.05) is 18.9 Å². The first-order chi connectivity index (χ1) is 9.65. The van der Waals surface area contributed by atoms with Crippen molar-refractivity contribution in [1.29, 1.82) is 0 Å². The van der Waals surface area contributed by atoms with Crippen LogP contribution in [0.3, 0.4) is 0 Å². The van der Waals surface area contributed by atoms with E-state index in [0.29, 0.717) is 6.54 Å². The molecule has 4 nitrogen and oxygen atoms in total. The van der Waals surface area contributed by atoms with Crippen molar-refractivity contribution in [1.82, 2.24) is 15.2 Å². The number of pyridine rings is 1. The summed E-state index contributed by atoms with van der Waals surface area (Å²) < 4.78 is 0. The van der Waals surface area contributed by atoms with Gasteiger partial charge in [0.05, 0.1) is 12.6 Å². The molecule has 0 radical (unpaired) electrons. The van der Waals surface area contributed by atoms with Crippen LogP contribution in [0.4, 0.5) is 0 Å². The number of hydrogen-bond acceptors (Lipinski definition) is 3. The van der Waals surface area contributed by atoms with Crippen molar-refractivity contribution in [2.75, 3.05) is 19.6 Å². The van der Waals surface area contributed by atoms with E-state index >= 15 is 0 Å². The predicted molar refractivity (Wildman–Crippen MR) is 80.4 cm³/mol. The number of nitrogens with one attached hydrogen (secondary N) is 1. The van der Waals surface area contributed by atoms with E-state index in [-0.39, 0.29) is 11.9 Å². The lowest BCUT2D eigenvalue weighted by Gasteiger charge is -2.21. The molecule has 1 fully saturated rings. The van der Waals surface area contributed by atoms with Crippen LogP contribution in [0.2, 0.25) is 0 Å². The Labute approximate surface area is 121 Å². The van der Waals surface area contributed by atoms with Crippen molar-refractivity contribution in [3.05, 3.63) is 29.6 Å². The lowest BCUT2D eigenvalue weighted by atomic mass is 10.1. The van der Waals surface area contributed by atoms with Crippen molar-refractivity contribution >= 4 is 5.91 Å². The van der Waals surface area contributed by atoms with Gasteiger partial charge in [-0.3, -0.25) is 14.7 Å². The van der Waals surface area contributed by atoms with Crippen LogP contribution in [-0.4, -0.2) is 35.4 Å². The van der Waals surface area contributed by atoms with Gasteiger partial charge >= 0.3 is 0 Å². The molecule has 4 heteroatoms. The van der Waals surface area contributed by atoms with Crippen LogP contribution in [0.15, 0.2) is 18.3 Å². The van der Waals surface area contributed by atoms with E-state index in [0.717, 1.165) is 24.3 Å². The maximum Gasteiger partial charge on any atom is 0.234 e. The third-order valence-corrected chi connectivity index (χ3v) is 3.88. The third-order valence-electron chi connectivity index (χ3n) is 3.88. The van der Waals surface area contributed by atoms with Gasteiger partial charge in [0.15, 0.2) is 0 Å². The first-order valence-corrected chi connectivity index (χ1v) is 7.59. The molecule has 20 heavy (non-hydrogen) atoms. The summed E-state index contributed by atoms with van der Waals surface area (Å²) in [6.45, 7) is 6.59. The van der Waals surface area contributed by atoms with E-state index < -0.39 is 0 Å². The molecular formula is C16H25N3O. The summed E-state index contributed by atoms with van der Waals surface area (Å²) in [4.78, 5) is 18.6. The van der Waals surface area contributed by atoms with E-state index in [4.69, 9.17) is 0 Å². The average molecular weight is 275 g/mol. The Bertz CT molecular complexity index is 422. The third kappa shape index (κ3) is 4.60. The molecular weight excluding hydrogens is 250 g/mol. The highest BCUT2D eigenvalue weighted by Crippen LogP contribution is 2.12. The average Bonchev–Trinajstić information content (AvgIpc) is 2.68. The summed E-state index contributed by atoms with van der Waals surface area (Å²) in [7, 11) is 0. The molecule has 1 N–H and O–H groups in total. The van der Waals surface area contributed by atoms with Crippen LogP contribution < -0.4 is 5.32 Å². The molecule has 1 atom stereocenters. The highest BCUT2D eigenvalue weighted by atomic mass is 16.2. The van der Waals surface area contributed by atoms with Gasteiger partial charge in [-0.25, -0.2) is 0 Å². The predicted octanol–water partition coefficient (Wildman–Crippen LogP) is 2.44. The van der Waals surface area contributed by atoms with Gasteiger partial charge in [-0.2, -0.15) is 0 Å². The van der Waals surface area contributed by atoms with Gasteiger partial charge in [0.25, 0.3) is 0 Å². The molecule has 0 saturated carbocycles. The Morgan fingerprint density at radius 2 is 2.00 bits per heavy atom. The highest BCUT2D eigenvalue weighted by molar-refractivity contribution is 5.78. The number of rotatable bonds is 4. The number of aromatic nitrogens is 1. The zero-order chi connectivity index (χ0) is 14.4. The largest absolute Gasteiger partial charge is 0.348 e. The Morgan fingerprint density at radius 1 is 1.30 bits per heavy atom. The van der Waals surface area contributed by atoms with E-state index in [1.807, 2.05) is 32.2 Å². The zero-order valence-electron chi connectivity index (χ0n) is 12.6. The summed E-state index contributed by atoms with van der Waals surface area (Å²) in [6.07, 6.45) is 6.86. The van der Waals surface area contributed by atoms with Gasteiger partial charge in [0.1, 0.15) is 0 Å². The fraction of sp³-hybridized carbons (Fsp3) is 0.625. The Hall–Kier alpha value is -1.42. The van der Waals surface area contributed by atoms with Crippen molar-refractivity contribution in [2.24, 2.45) is 0 Å². The van der Waals surface area contributed by atoms with Gasteiger partial charge in [0, 0.05) is 11.9 Å². The minimum absolute atomic E-state index is 0.0163. The molecule has 2 rings (SSSR count). The number of nitrogens with zero attached hydrogens (tertiary/aromatic N) is 2. The molecule has 110 valence electrons. The summed E-state index contributed by atoms with van der Waals surface area (Å²) in [5.74, 6) is 0.111. The molecule has 1 aromatic heterocycles. The second-order valence-corrected chi connectivity index (χ2v) is 5.71. The van der Waals surface area contributed by atoms with Crippen molar-refractivity contribution in [3.63, 3.8) is 0 Å². The molecule has 1 aliphatic rings.